The molecule has 55 heavy (non-hydrogen) atoms. The monoisotopic (exact) mass is 961 g/mol. The van der Waals surface area contributed by atoms with Crippen LogP contribution in [0.5, 0.6) is 0 Å². The van der Waals surface area contributed by atoms with E-state index in [0.29, 0.717) is 17.8 Å². The van der Waals surface area contributed by atoms with E-state index in [1.54, 1.807) is 4.40 Å². The van der Waals surface area contributed by atoms with Gasteiger partial charge in [0.1, 0.15) is 5.58 Å². The van der Waals surface area contributed by atoms with Crippen LogP contribution in [0, 0.1) is 24.0 Å². The zero-order valence-corrected chi connectivity index (χ0v) is 37.7. The summed E-state index contributed by atoms with van der Waals surface area (Å²) < 4.78 is 8.03. The van der Waals surface area contributed by atoms with Crippen LogP contribution in [0.25, 0.3) is 66.4 Å². The Balaban J connectivity index is 0.000000211. The maximum atomic E-state index is 6.49. The van der Waals surface area contributed by atoms with Crippen molar-refractivity contribution in [2.45, 2.75) is 64.2 Å². The molecule has 0 amide bonds. The molecule has 8 aromatic rings. The van der Waals surface area contributed by atoms with Crippen molar-refractivity contribution in [1.29, 1.82) is 0 Å². The van der Waals surface area contributed by atoms with E-state index < -0.39 is 13.3 Å². The van der Waals surface area contributed by atoms with Crippen LogP contribution in [-0.2, 0) is 26.5 Å². The molecule has 0 saturated heterocycles. The molecule has 3 heterocycles. The first-order chi connectivity index (χ1) is 26.0. The molecule has 3 aromatic heterocycles. The first-order valence-electron chi connectivity index (χ1n) is 19.3. The van der Waals surface area contributed by atoms with Gasteiger partial charge < -0.3 is 9.40 Å². The number of benzene rings is 5. The summed E-state index contributed by atoms with van der Waals surface area (Å²) in [6, 6.07) is 46.9. The third-order valence-corrected chi connectivity index (χ3v) is 14.8. The van der Waals surface area contributed by atoms with Crippen LogP contribution in [0.4, 0.5) is 0 Å². The third kappa shape index (κ3) is 8.88. The van der Waals surface area contributed by atoms with Gasteiger partial charge in [-0.2, -0.15) is 0 Å². The summed E-state index contributed by atoms with van der Waals surface area (Å²) in [6.07, 6.45) is 5.17. The van der Waals surface area contributed by atoms with Crippen molar-refractivity contribution in [3.63, 3.8) is 0 Å². The van der Waals surface area contributed by atoms with Crippen LogP contribution in [-0.4, -0.2) is 23.2 Å². The average Bonchev–Trinajstić information content (AvgIpc) is 3.55. The third-order valence-electron chi connectivity index (χ3n) is 10.5. The van der Waals surface area contributed by atoms with Crippen LogP contribution >= 0.6 is 0 Å². The van der Waals surface area contributed by atoms with Gasteiger partial charge in [-0.3, -0.25) is 0 Å². The summed E-state index contributed by atoms with van der Waals surface area (Å²) in [5.41, 5.74) is 10.8. The first-order valence-corrected chi connectivity index (χ1v) is 26.6. The topological polar surface area (TPSA) is 38.9 Å². The summed E-state index contributed by atoms with van der Waals surface area (Å²) in [7, 11) is 0. The van der Waals surface area contributed by atoms with Gasteiger partial charge in [0, 0.05) is 31.7 Å². The largest absolute Gasteiger partial charge is 0 e. The van der Waals surface area contributed by atoms with Crippen molar-refractivity contribution < 1.29 is 24.5 Å². The molecule has 5 heteroatoms. The molecule has 1 unspecified atom stereocenters. The van der Waals surface area contributed by atoms with Crippen molar-refractivity contribution in [3.8, 4) is 33.6 Å². The van der Waals surface area contributed by atoms with E-state index in [-0.39, 0.29) is 20.1 Å². The van der Waals surface area contributed by atoms with Gasteiger partial charge in [0.2, 0.25) is 0 Å². The molecule has 0 N–H and O–H groups in total. The van der Waals surface area contributed by atoms with Crippen LogP contribution in [0.1, 0.15) is 51.7 Å². The molecule has 0 aliphatic carbocycles. The summed E-state index contributed by atoms with van der Waals surface area (Å²) in [5.74, 6) is 9.02. The maximum Gasteiger partial charge on any atom is 0 e. The molecule has 0 bridgehead atoms. The Hall–Kier alpha value is -4.35. The van der Waals surface area contributed by atoms with Gasteiger partial charge in [0.15, 0.2) is 0 Å². The Morgan fingerprint density at radius 2 is 1.47 bits per heavy atom. The fourth-order valence-electron chi connectivity index (χ4n) is 7.31. The molecule has 0 aliphatic rings. The molecular formula is C50H50GeIrN2O-2. The van der Waals surface area contributed by atoms with Crippen LogP contribution in [0.15, 0.2) is 132 Å². The molecular weight excluding hydrogens is 909 g/mol. The number of hydrogen-bond donors (Lipinski definition) is 0. The van der Waals surface area contributed by atoms with E-state index in [1.165, 1.54) is 27.5 Å². The van der Waals surface area contributed by atoms with E-state index in [4.69, 9.17) is 9.40 Å². The van der Waals surface area contributed by atoms with Crippen molar-refractivity contribution in [2.75, 3.05) is 0 Å². The molecule has 0 spiro atoms. The minimum atomic E-state index is -1.86. The second kappa shape index (κ2) is 17.2. The normalized spacial score (nSPS) is 12.2. The number of nitrogens with zero attached hydrogens (tertiary/aromatic N) is 2. The van der Waals surface area contributed by atoms with Gasteiger partial charge in [-0.05, 0) is 51.6 Å². The molecule has 281 valence electrons. The van der Waals surface area contributed by atoms with Crippen molar-refractivity contribution >= 4 is 50.4 Å². The molecule has 0 saturated carbocycles. The Morgan fingerprint density at radius 3 is 2.22 bits per heavy atom. The predicted octanol–water partition coefficient (Wildman–Crippen LogP) is 13.3. The number of furan rings is 1. The summed E-state index contributed by atoms with van der Waals surface area (Å²) in [5, 5.41) is 4.69. The quantitative estimate of drug-likeness (QED) is 0.113. The summed E-state index contributed by atoms with van der Waals surface area (Å²) in [6.45, 7) is 11.3. The second-order valence-electron chi connectivity index (χ2n) is 16.3. The fourth-order valence-corrected chi connectivity index (χ4v) is 10.6. The second-order valence-corrected chi connectivity index (χ2v) is 26.9. The Kier molecular flexibility index (Phi) is 12.6. The van der Waals surface area contributed by atoms with Gasteiger partial charge in [-0.15, -0.1) is 18.2 Å². The maximum absolute atomic E-state index is 6.49. The summed E-state index contributed by atoms with van der Waals surface area (Å²) in [4.78, 5) is 9.38. The molecule has 0 aliphatic heterocycles. The van der Waals surface area contributed by atoms with E-state index in [0.717, 1.165) is 56.4 Å². The van der Waals surface area contributed by atoms with Crippen LogP contribution in [0.3, 0.4) is 0 Å². The van der Waals surface area contributed by atoms with Gasteiger partial charge in [-0.25, -0.2) is 0 Å². The summed E-state index contributed by atoms with van der Waals surface area (Å²) >= 11 is -1.86. The number of hydrogen-bond acceptors (Lipinski definition) is 3. The van der Waals surface area contributed by atoms with Gasteiger partial charge >= 0.3 is 126 Å². The minimum Gasteiger partial charge on any atom is 0 e. The van der Waals surface area contributed by atoms with E-state index >= 15 is 0 Å². The molecule has 3 nitrogen and oxygen atoms in total. The molecule has 8 rings (SSSR count). The number of rotatable bonds is 8. The van der Waals surface area contributed by atoms with Crippen molar-refractivity contribution in [2.24, 2.45) is 11.8 Å². The zero-order chi connectivity index (χ0) is 38.0. The molecule has 1 atom stereocenters. The van der Waals surface area contributed by atoms with Crippen molar-refractivity contribution in [3.05, 3.63) is 151 Å². The predicted molar refractivity (Wildman–Crippen MR) is 232 cm³/mol. The zero-order valence-electron chi connectivity index (χ0n) is 33.2. The number of fused-ring (bicyclic) bond motifs is 4. The standard InChI is InChI=1S/C32H26NO.C18H24GeN.Ir/c1-20(2)21(3)23-16-17-33-30(18-23)29-13-7-12-28-27-15-14-24(19-31(27)34-32(28)29)26-11-6-9-22-8-4-5-10-25(22)26;1-14(2)11-16-12-18(15-9-7-6-8-10-15)20-13-17(16)19(3,4)5;/h4-12,14-21H,1-3H3;6-9,12-14H,11H2,1-5H3;/q2*-1;. The van der Waals surface area contributed by atoms with Gasteiger partial charge in [0.05, 0.1) is 5.58 Å². The van der Waals surface area contributed by atoms with E-state index in [1.807, 2.05) is 30.5 Å². The Labute approximate surface area is 343 Å². The van der Waals surface area contributed by atoms with Crippen LogP contribution < -0.4 is 4.40 Å². The fraction of sp³-hybridized carbons (Fsp3) is 0.240. The number of pyridine rings is 2. The first kappa shape index (κ1) is 40.3. The van der Waals surface area contributed by atoms with Gasteiger partial charge in [0.25, 0.3) is 0 Å². The van der Waals surface area contributed by atoms with Crippen molar-refractivity contribution in [1.82, 2.24) is 9.97 Å². The van der Waals surface area contributed by atoms with E-state index in [2.05, 4.69) is 166 Å². The Bertz CT molecular complexity index is 2540. The number of aromatic nitrogens is 2. The minimum absolute atomic E-state index is 0. The molecule has 1 radical (unpaired) electrons. The van der Waals surface area contributed by atoms with Crippen LogP contribution in [0.2, 0.25) is 17.3 Å². The molecule has 0 fully saturated rings. The van der Waals surface area contributed by atoms with E-state index in [9.17, 15) is 0 Å². The SMILES string of the molecule is CC(C)C(C)c1ccnc(-c2[c-]ccc3c2oc2cc(-c4cccc5ccccc45)ccc23)c1.CC(C)Cc1cc(-c2[c-]cccc2)nc[c]1[Ge]([CH3])([CH3])[CH3].[Ir]. The van der Waals surface area contributed by atoms with Gasteiger partial charge in [-0.1, -0.05) is 97.9 Å². The smallest absolute Gasteiger partial charge is 0 e. The average molecular weight is 960 g/mol. The Morgan fingerprint density at radius 1 is 0.691 bits per heavy atom. The molecule has 5 aromatic carbocycles.